The van der Waals surface area contributed by atoms with Crippen molar-refractivity contribution in [2.45, 2.75) is 26.7 Å². The Balaban J connectivity index is 2.15. The lowest BCUT2D eigenvalue weighted by Crippen LogP contribution is -2.10. The fraction of sp³-hybridized carbons (Fsp3) is 0.312. The molecule has 0 aromatic heterocycles. The van der Waals surface area contributed by atoms with Crippen LogP contribution in [-0.2, 0) is 11.2 Å². The highest BCUT2D eigenvalue weighted by atomic mass is 16.7. The van der Waals surface area contributed by atoms with E-state index in [1.807, 2.05) is 25.1 Å². The lowest BCUT2D eigenvalue weighted by atomic mass is 10.1. The molecule has 100 valence electrons. The smallest absolute Gasteiger partial charge is 0.434 e. The van der Waals surface area contributed by atoms with Gasteiger partial charge in [-0.15, -0.1) is 0 Å². The molecule has 2 aromatic carbocycles. The molecule has 0 aliphatic carbocycles. The van der Waals surface area contributed by atoms with Gasteiger partial charge in [-0.3, -0.25) is 0 Å². The summed E-state index contributed by atoms with van der Waals surface area (Å²) in [6.07, 6.45) is 1.15. The van der Waals surface area contributed by atoms with Crippen molar-refractivity contribution in [1.29, 1.82) is 0 Å². The van der Waals surface area contributed by atoms with Crippen molar-refractivity contribution in [3.05, 3.63) is 42.0 Å². The van der Waals surface area contributed by atoms with Crippen molar-refractivity contribution in [2.24, 2.45) is 0 Å². The van der Waals surface area contributed by atoms with Gasteiger partial charge in [0.05, 0.1) is 6.61 Å². The van der Waals surface area contributed by atoms with Crippen LogP contribution in [0.2, 0.25) is 0 Å². The minimum atomic E-state index is -0.647. The van der Waals surface area contributed by atoms with Gasteiger partial charge < -0.3 is 9.47 Å². The molecule has 0 aliphatic rings. The van der Waals surface area contributed by atoms with Gasteiger partial charge in [-0.1, -0.05) is 38.1 Å². The van der Waals surface area contributed by atoms with Crippen molar-refractivity contribution in [1.82, 2.24) is 0 Å². The van der Waals surface area contributed by atoms with Gasteiger partial charge in [-0.2, -0.15) is 0 Å². The highest BCUT2D eigenvalue weighted by molar-refractivity contribution is 5.85. The van der Waals surface area contributed by atoms with Gasteiger partial charge in [0.1, 0.15) is 5.75 Å². The number of aryl methyl sites for hydroxylation is 1. The average Bonchev–Trinajstić information content (AvgIpc) is 2.44. The lowest BCUT2D eigenvalue weighted by molar-refractivity contribution is 0.0992. The zero-order chi connectivity index (χ0) is 13.7. The van der Waals surface area contributed by atoms with E-state index in [1.165, 1.54) is 5.56 Å². The monoisotopic (exact) mass is 258 g/mol. The van der Waals surface area contributed by atoms with Gasteiger partial charge in [-0.25, -0.2) is 4.79 Å². The van der Waals surface area contributed by atoms with E-state index in [0.717, 1.165) is 23.6 Å². The normalized spacial score (nSPS) is 10.4. The molecule has 3 nitrogen and oxygen atoms in total. The Morgan fingerprint density at radius 1 is 1.05 bits per heavy atom. The first-order chi connectivity index (χ1) is 9.22. The van der Waals surface area contributed by atoms with Crippen LogP contribution >= 0.6 is 0 Å². The van der Waals surface area contributed by atoms with Crippen LogP contribution in [0.15, 0.2) is 36.4 Å². The first-order valence-corrected chi connectivity index (χ1v) is 6.60. The van der Waals surface area contributed by atoms with Crippen molar-refractivity contribution in [3.8, 4) is 5.75 Å². The summed E-state index contributed by atoms with van der Waals surface area (Å²) in [6.45, 7) is 4.45. The second-order valence-corrected chi connectivity index (χ2v) is 4.40. The van der Waals surface area contributed by atoms with Crippen LogP contribution in [0.4, 0.5) is 4.79 Å². The minimum Gasteiger partial charge on any atom is -0.434 e. The Hall–Kier alpha value is -2.03. The molecule has 3 heteroatoms. The third-order valence-electron chi connectivity index (χ3n) is 2.91. The van der Waals surface area contributed by atoms with Crippen molar-refractivity contribution in [2.75, 3.05) is 6.61 Å². The second-order valence-electron chi connectivity index (χ2n) is 4.40. The van der Waals surface area contributed by atoms with E-state index in [0.29, 0.717) is 12.4 Å². The van der Waals surface area contributed by atoms with Crippen LogP contribution in [0.5, 0.6) is 5.75 Å². The van der Waals surface area contributed by atoms with Gasteiger partial charge in [-0.05, 0) is 41.3 Å². The Morgan fingerprint density at radius 3 is 2.53 bits per heavy atom. The van der Waals surface area contributed by atoms with E-state index < -0.39 is 6.16 Å². The Morgan fingerprint density at radius 2 is 1.79 bits per heavy atom. The zero-order valence-corrected chi connectivity index (χ0v) is 11.3. The van der Waals surface area contributed by atoms with Crippen LogP contribution in [0.1, 0.15) is 25.8 Å². The molecule has 0 spiro atoms. The molecule has 0 heterocycles. The van der Waals surface area contributed by atoms with Gasteiger partial charge in [0.15, 0.2) is 0 Å². The van der Waals surface area contributed by atoms with Crippen LogP contribution in [0.3, 0.4) is 0 Å². The molecule has 0 aliphatic heterocycles. The number of hydrogen-bond acceptors (Lipinski definition) is 3. The largest absolute Gasteiger partial charge is 0.513 e. The number of carbonyl (C=O) groups is 1. The van der Waals surface area contributed by atoms with E-state index in [4.69, 9.17) is 9.47 Å². The highest BCUT2D eigenvalue weighted by Gasteiger charge is 2.06. The van der Waals surface area contributed by atoms with E-state index in [9.17, 15) is 4.79 Å². The molecule has 0 bridgehead atoms. The minimum absolute atomic E-state index is 0.381. The van der Waals surface area contributed by atoms with Crippen molar-refractivity contribution < 1.29 is 14.3 Å². The lowest BCUT2D eigenvalue weighted by Gasteiger charge is -2.06. The molecule has 0 N–H and O–H groups in total. The Labute approximate surface area is 113 Å². The first kappa shape index (κ1) is 13.4. The maximum Gasteiger partial charge on any atom is 0.513 e. The maximum absolute atomic E-state index is 11.4. The number of hydrogen-bond donors (Lipinski definition) is 0. The number of fused-ring (bicyclic) bond motifs is 1. The summed E-state index contributed by atoms with van der Waals surface area (Å²) in [4.78, 5) is 11.4. The summed E-state index contributed by atoms with van der Waals surface area (Å²) in [5, 5.41) is 2.20. The number of rotatable bonds is 4. The second kappa shape index (κ2) is 6.23. The summed E-state index contributed by atoms with van der Waals surface area (Å²) in [5.41, 5.74) is 1.29. The molecule has 19 heavy (non-hydrogen) atoms. The first-order valence-electron chi connectivity index (χ1n) is 6.60. The molecule has 0 fully saturated rings. The summed E-state index contributed by atoms with van der Waals surface area (Å²) in [7, 11) is 0. The van der Waals surface area contributed by atoms with Crippen molar-refractivity contribution >= 4 is 16.9 Å². The number of ether oxygens (including phenoxy) is 2. The van der Waals surface area contributed by atoms with Gasteiger partial charge >= 0.3 is 6.16 Å². The van der Waals surface area contributed by atoms with Crippen molar-refractivity contribution in [3.63, 3.8) is 0 Å². The molecular formula is C16H18O3. The fourth-order valence-corrected chi connectivity index (χ4v) is 1.87. The van der Waals surface area contributed by atoms with E-state index in [1.54, 1.807) is 6.07 Å². The predicted octanol–water partition coefficient (Wildman–Crippen LogP) is 4.33. The van der Waals surface area contributed by atoms with Gasteiger partial charge in [0, 0.05) is 0 Å². The van der Waals surface area contributed by atoms with E-state index in [2.05, 4.69) is 19.1 Å². The molecule has 0 unspecified atom stereocenters. The number of benzene rings is 2. The molecule has 2 aromatic rings. The summed E-state index contributed by atoms with van der Waals surface area (Å²) in [6, 6.07) is 11.9. The predicted molar refractivity (Wildman–Crippen MR) is 75.6 cm³/mol. The fourth-order valence-electron chi connectivity index (χ4n) is 1.87. The van der Waals surface area contributed by atoms with Gasteiger partial charge in [0.25, 0.3) is 0 Å². The molecule has 0 amide bonds. The molecule has 0 saturated heterocycles. The van der Waals surface area contributed by atoms with Crippen LogP contribution in [-0.4, -0.2) is 12.8 Å². The SMILES string of the molecule is CCCOC(=O)Oc1ccc2cc(CC)ccc2c1. The average molecular weight is 258 g/mol. The molecule has 0 radical (unpaired) electrons. The number of carbonyl (C=O) groups excluding carboxylic acids is 1. The Kier molecular flexibility index (Phi) is 4.39. The third kappa shape index (κ3) is 3.47. The van der Waals surface area contributed by atoms with Crippen LogP contribution in [0.25, 0.3) is 10.8 Å². The maximum atomic E-state index is 11.4. The molecular weight excluding hydrogens is 240 g/mol. The highest BCUT2D eigenvalue weighted by Crippen LogP contribution is 2.22. The summed E-state index contributed by atoms with van der Waals surface area (Å²) >= 11 is 0. The Bertz CT molecular complexity index is 575. The van der Waals surface area contributed by atoms with Crippen LogP contribution in [0, 0.1) is 0 Å². The van der Waals surface area contributed by atoms with Crippen LogP contribution < -0.4 is 4.74 Å². The molecule has 2 rings (SSSR count). The molecule has 0 saturated carbocycles. The molecule has 0 atom stereocenters. The standard InChI is InChI=1S/C16H18O3/c1-3-9-18-16(17)19-15-8-7-13-10-12(4-2)5-6-14(13)11-15/h5-8,10-11H,3-4,9H2,1-2H3. The summed E-state index contributed by atoms with van der Waals surface area (Å²) < 4.78 is 10.0. The van der Waals surface area contributed by atoms with Gasteiger partial charge in [0.2, 0.25) is 0 Å². The zero-order valence-electron chi connectivity index (χ0n) is 11.3. The third-order valence-corrected chi connectivity index (χ3v) is 2.91. The topological polar surface area (TPSA) is 35.5 Å². The summed E-state index contributed by atoms with van der Waals surface area (Å²) in [5.74, 6) is 0.512. The van der Waals surface area contributed by atoms with E-state index >= 15 is 0 Å². The van der Waals surface area contributed by atoms with E-state index in [-0.39, 0.29) is 0 Å². The quantitative estimate of drug-likeness (QED) is 0.605.